The number of nitrogens with one attached hydrogen (secondary N) is 2. The van der Waals surface area contributed by atoms with Gasteiger partial charge >= 0.3 is 11.8 Å². The first-order valence-electron chi connectivity index (χ1n) is 8.01. The summed E-state index contributed by atoms with van der Waals surface area (Å²) in [6.45, 7) is -0.0959. The zero-order chi connectivity index (χ0) is 18.7. The highest BCUT2D eigenvalue weighted by molar-refractivity contribution is 7.10. The van der Waals surface area contributed by atoms with E-state index in [2.05, 4.69) is 10.6 Å². The van der Waals surface area contributed by atoms with E-state index in [0.717, 1.165) is 17.7 Å². The Balaban J connectivity index is 1.65. The fraction of sp³-hybridized carbons (Fsp3) is 0.294. The van der Waals surface area contributed by atoms with Gasteiger partial charge in [-0.15, -0.1) is 11.3 Å². The maximum Gasteiger partial charge on any atom is 0.313 e. The Morgan fingerprint density at radius 2 is 1.96 bits per heavy atom. The minimum atomic E-state index is -1.21. The number of hydrogen-bond acceptors (Lipinski definition) is 6. The molecule has 3 N–H and O–H groups in total. The molecule has 1 atom stereocenters. The molecule has 1 saturated carbocycles. The van der Waals surface area contributed by atoms with Gasteiger partial charge in [-0.25, -0.2) is 0 Å². The highest BCUT2D eigenvalue weighted by atomic mass is 32.1. The highest BCUT2D eigenvalue weighted by Gasteiger charge is 2.46. The molecule has 136 valence electrons. The first-order valence-corrected chi connectivity index (χ1v) is 8.89. The molecule has 0 radical (unpaired) electrons. The van der Waals surface area contributed by atoms with Crippen molar-refractivity contribution in [3.05, 3.63) is 56.8 Å². The summed E-state index contributed by atoms with van der Waals surface area (Å²) in [5, 5.41) is 28.4. The first-order chi connectivity index (χ1) is 12.4. The number of carbonyl (C=O) groups excluding carboxylic acids is 2. The predicted molar refractivity (Wildman–Crippen MR) is 95.7 cm³/mol. The van der Waals surface area contributed by atoms with Gasteiger partial charge in [0.05, 0.1) is 11.5 Å². The van der Waals surface area contributed by atoms with Crippen LogP contribution in [0.2, 0.25) is 0 Å². The number of rotatable bonds is 6. The van der Waals surface area contributed by atoms with Crippen LogP contribution in [0.5, 0.6) is 0 Å². The molecule has 0 saturated heterocycles. The molecule has 8 nitrogen and oxygen atoms in total. The average molecular weight is 375 g/mol. The predicted octanol–water partition coefficient (Wildman–Crippen LogP) is 2.01. The Morgan fingerprint density at radius 3 is 2.58 bits per heavy atom. The minimum Gasteiger partial charge on any atom is -0.382 e. The maximum atomic E-state index is 12.1. The molecule has 1 aromatic heterocycles. The lowest BCUT2D eigenvalue weighted by molar-refractivity contribution is -0.383. The summed E-state index contributed by atoms with van der Waals surface area (Å²) in [6.07, 6.45) is 1.71. The topological polar surface area (TPSA) is 122 Å². The van der Waals surface area contributed by atoms with Crippen LogP contribution in [-0.4, -0.2) is 28.4 Å². The molecular weight excluding hydrogens is 358 g/mol. The van der Waals surface area contributed by atoms with Crippen molar-refractivity contribution < 1.29 is 19.6 Å². The lowest BCUT2D eigenvalue weighted by Gasteiger charge is -2.27. The summed E-state index contributed by atoms with van der Waals surface area (Å²) in [6, 6.07) is 9.17. The van der Waals surface area contributed by atoms with Crippen molar-refractivity contribution in [2.24, 2.45) is 5.92 Å². The molecule has 1 aliphatic carbocycles. The van der Waals surface area contributed by atoms with Crippen LogP contribution in [0.15, 0.2) is 41.8 Å². The zero-order valence-electron chi connectivity index (χ0n) is 13.7. The van der Waals surface area contributed by atoms with Gasteiger partial charge in [-0.3, -0.25) is 19.7 Å². The number of anilines is 1. The molecule has 0 bridgehead atoms. The molecule has 9 heteroatoms. The third-order valence-corrected chi connectivity index (χ3v) is 5.31. The summed E-state index contributed by atoms with van der Waals surface area (Å²) in [4.78, 5) is 35.2. The van der Waals surface area contributed by atoms with Crippen molar-refractivity contribution in [3.63, 3.8) is 0 Å². The van der Waals surface area contributed by atoms with Gasteiger partial charge in [-0.2, -0.15) is 0 Å². The molecule has 2 aromatic rings. The van der Waals surface area contributed by atoms with Gasteiger partial charge in [0.2, 0.25) is 0 Å². The monoisotopic (exact) mass is 375 g/mol. The second kappa shape index (κ2) is 7.22. The fourth-order valence-corrected chi connectivity index (χ4v) is 3.64. The quantitative estimate of drug-likeness (QED) is 0.405. The summed E-state index contributed by atoms with van der Waals surface area (Å²) in [5.41, 5.74) is -1.57. The molecule has 1 aliphatic rings. The Kier molecular flexibility index (Phi) is 5.01. The van der Waals surface area contributed by atoms with Crippen LogP contribution in [0.1, 0.15) is 17.7 Å². The van der Waals surface area contributed by atoms with Gasteiger partial charge in [-0.1, -0.05) is 18.2 Å². The van der Waals surface area contributed by atoms with Crippen LogP contribution in [-0.2, 0) is 15.2 Å². The number of nitrogens with zero attached hydrogens (tertiary/aromatic N) is 1. The molecule has 26 heavy (non-hydrogen) atoms. The molecule has 1 unspecified atom stereocenters. The standard InChI is InChI=1S/C17H17N3O5S/c21-15(16(22)19-12-4-1-2-5-13(12)20(24)25)18-10-17(23,11-7-8-11)14-6-3-9-26-14/h1-6,9,11,23H,7-8,10H2,(H,18,21)(H,19,22). The van der Waals surface area contributed by atoms with Crippen LogP contribution >= 0.6 is 11.3 Å². The van der Waals surface area contributed by atoms with Gasteiger partial charge < -0.3 is 15.7 Å². The molecule has 1 heterocycles. The first kappa shape index (κ1) is 18.0. The van der Waals surface area contributed by atoms with Crippen LogP contribution in [0.25, 0.3) is 0 Å². The number of carbonyl (C=O) groups is 2. The fourth-order valence-electron chi connectivity index (χ4n) is 2.73. The highest BCUT2D eigenvalue weighted by Crippen LogP contribution is 2.46. The molecule has 1 fully saturated rings. The largest absolute Gasteiger partial charge is 0.382 e. The van der Waals surface area contributed by atoms with Crippen LogP contribution < -0.4 is 10.6 Å². The number of nitro groups is 1. The van der Waals surface area contributed by atoms with Gasteiger partial charge in [0.25, 0.3) is 5.69 Å². The average Bonchev–Trinajstić information content (AvgIpc) is 3.34. The van der Waals surface area contributed by atoms with Crippen molar-refractivity contribution in [3.8, 4) is 0 Å². The van der Waals surface area contributed by atoms with E-state index in [1.54, 1.807) is 6.07 Å². The van der Waals surface area contributed by atoms with E-state index in [1.165, 1.54) is 35.6 Å². The third-order valence-electron chi connectivity index (χ3n) is 4.27. The lowest BCUT2D eigenvalue weighted by Crippen LogP contribution is -2.45. The molecule has 2 amide bonds. The number of para-hydroxylation sites is 2. The van der Waals surface area contributed by atoms with Gasteiger partial charge in [0.15, 0.2) is 0 Å². The SMILES string of the molecule is O=C(NCC(O)(c1cccs1)C1CC1)C(=O)Nc1ccccc1[N+](=O)[O-]. The van der Waals surface area contributed by atoms with E-state index in [4.69, 9.17) is 0 Å². The van der Waals surface area contributed by atoms with Crippen molar-refractivity contribution in [1.29, 1.82) is 0 Å². The molecule has 3 rings (SSSR count). The second-order valence-corrected chi connectivity index (χ2v) is 7.03. The number of hydrogen-bond donors (Lipinski definition) is 3. The van der Waals surface area contributed by atoms with Crippen LogP contribution in [0, 0.1) is 16.0 Å². The number of aliphatic hydroxyl groups is 1. The Bertz CT molecular complexity index is 835. The van der Waals surface area contributed by atoms with Crippen LogP contribution in [0.3, 0.4) is 0 Å². The van der Waals surface area contributed by atoms with E-state index in [-0.39, 0.29) is 23.8 Å². The van der Waals surface area contributed by atoms with Gasteiger partial charge in [-0.05, 0) is 36.3 Å². The van der Waals surface area contributed by atoms with Crippen molar-refractivity contribution >= 4 is 34.5 Å². The second-order valence-electron chi connectivity index (χ2n) is 6.09. The van der Waals surface area contributed by atoms with Crippen LogP contribution in [0.4, 0.5) is 11.4 Å². The number of nitro benzene ring substituents is 1. The third kappa shape index (κ3) is 3.73. The molecule has 1 aromatic carbocycles. The van der Waals surface area contributed by atoms with Crippen molar-refractivity contribution in [1.82, 2.24) is 5.32 Å². The van der Waals surface area contributed by atoms with E-state index in [0.29, 0.717) is 0 Å². The molecular formula is C17H17N3O5S. The van der Waals surface area contributed by atoms with Gasteiger partial charge in [0, 0.05) is 10.9 Å². The van der Waals surface area contributed by atoms with E-state index < -0.39 is 22.3 Å². The molecule has 0 spiro atoms. The summed E-state index contributed by atoms with van der Waals surface area (Å²) in [7, 11) is 0. The normalized spacial score (nSPS) is 15.7. The Morgan fingerprint density at radius 1 is 1.23 bits per heavy atom. The minimum absolute atomic E-state index is 0.0414. The van der Waals surface area contributed by atoms with Crippen molar-refractivity contribution in [2.45, 2.75) is 18.4 Å². The smallest absolute Gasteiger partial charge is 0.313 e. The number of benzene rings is 1. The summed E-state index contributed by atoms with van der Waals surface area (Å²) >= 11 is 1.39. The van der Waals surface area contributed by atoms with E-state index in [9.17, 15) is 24.8 Å². The van der Waals surface area contributed by atoms with Crippen molar-refractivity contribution in [2.75, 3.05) is 11.9 Å². The Hall–Kier alpha value is -2.78. The van der Waals surface area contributed by atoms with E-state index in [1.807, 2.05) is 11.4 Å². The zero-order valence-corrected chi connectivity index (χ0v) is 14.5. The summed E-state index contributed by atoms with van der Waals surface area (Å²) in [5.74, 6) is -1.94. The number of amides is 2. The Labute approximate surface area is 153 Å². The summed E-state index contributed by atoms with van der Waals surface area (Å²) < 4.78 is 0. The molecule has 0 aliphatic heterocycles. The maximum absolute atomic E-state index is 12.1. The lowest BCUT2D eigenvalue weighted by atomic mass is 9.95. The number of thiophene rings is 1. The van der Waals surface area contributed by atoms with E-state index >= 15 is 0 Å². The van der Waals surface area contributed by atoms with Gasteiger partial charge in [0.1, 0.15) is 11.3 Å².